The van der Waals surface area contributed by atoms with Gasteiger partial charge in [0.25, 0.3) is 0 Å². The first-order valence-corrected chi connectivity index (χ1v) is 7.42. The Morgan fingerprint density at radius 3 is 3.19 bits per heavy atom. The van der Waals surface area contributed by atoms with Crippen LogP contribution in [0.2, 0.25) is 0 Å². The van der Waals surface area contributed by atoms with E-state index in [4.69, 9.17) is 4.74 Å². The Balaban J connectivity index is 1.72. The van der Waals surface area contributed by atoms with Gasteiger partial charge in [0.05, 0.1) is 24.2 Å². The molecule has 21 heavy (non-hydrogen) atoms. The number of benzene rings is 1. The molecule has 1 aromatic carbocycles. The van der Waals surface area contributed by atoms with E-state index in [1.165, 1.54) is 17.5 Å². The summed E-state index contributed by atoms with van der Waals surface area (Å²) in [6.07, 6.45) is 5.26. The Morgan fingerprint density at radius 2 is 2.33 bits per heavy atom. The quantitative estimate of drug-likeness (QED) is 0.898. The number of aryl methyl sites for hydroxylation is 1. The van der Waals surface area contributed by atoms with E-state index in [2.05, 4.69) is 40.3 Å². The standard InChI is InChI=1S/C17H21N3O/c1-12(2)17-15(11-19-20-17)18-10-13-6-7-14-5-3-4-8-21-16(14)9-13/h6-7,9,11,18H,1,3-5,8,10H2,2H3,(H,19,20). The second-order valence-corrected chi connectivity index (χ2v) is 5.54. The molecule has 3 rings (SSSR count). The van der Waals surface area contributed by atoms with Crippen molar-refractivity contribution < 1.29 is 4.74 Å². The second-order valence-electron chi connectivity index (χ2n) is 5.54. The van der Waals surface area contributed by atoms with Crippen molar-refractivity contribution in [2.75, 3.05) is 11.9 Å². The SMILES string of the molecule is C=C(C)c1[nH]ncc1NCc1ccc2c(c1)OCCCC2. The normalized spacial score (nSPS) is 14.0. The van der Waals surface area contributed by atoms with E-state index in [1.807, 2.05) is 6.92 Å². The van der Waals surface area contributed by atoms with E-state index in [0.717, 1.165) is 48.7 Å². The number of allylic oxidation sites excluding steroid dienone is 1. The van der Waals surface area contributed by atoms with E-state index in [9.17, 15) is 0 Å². The molecular formula is C17H21N3O. The highest BCUT2D eigenvalue weighted by Gasteiger charge is 2.10. The van der Waals surface area contributed by atoms with Gasteiger partial charge in [-0.2, -0.15) is 5.10 Å². The van der Waals surface area contributed by atoms with Gasteiger partial charge >= 0.3 is 0 Å². The van der Waals surface area contributed by atoms with Crippen LogP contribution in [-0.4, -0.2) is 16.8 Å². The lowest BCUT2D eigenvalue weighted by molar-refractivity contribution is 0.316. The summed E-state index contributed by atoms with van der Waals surface area (Å²) in [5.41, 5.74) is 5.45. The van der Waals surface area contributed by atoms with E-state index in [-0.39, 0.29) is 0 Å². The average Bonchev–Trinajstić information content (AvgIpc) is 2.83. The van der Waals surface area contributed by atoms with Crippen LogP contribution in [0.4, 0.5) is 5.69 Å². The summed E-state index contributed by atoms with van der Waals surface area (Å²) in [7, 11) is 0. The minimum absolute atomic E-state index is 0.746. The fourth-order valence-electron chi connectivity index (χ4n) is 2.59. The van der Waals surface area contributed by atoms with E-state index < -0.39 is 0 Å². The van der Waals surface area contributed by atoms with Crippen molar-refractivity contribution in [3.05, 3.63) is 47.8 Å². The minimum Gasteiger partial charge on any atom is -0.493 e. The summed E-state index contributed by atoms with van der Waals surface area (Å²) in [6.45, 7) is 7.49. The molecule has 0 unspecified atom stereocenters. The first kappa shape index (κ1) is 13.7. The highest BCUT2D eigenvalue weighted by atomic mass is 16.5. The number of aromatic nitrogens is 2. The third kappa shape index (κ3) is 3.10. The molecule has 110 valence electrons. The van der Waals surface area contributed by atoms with Crippen molar-refractivity contribution in [1.82, 2.24) is 10.2 Å². The number of aromatic amines is 1. The molecule has 0 fully saturated rings. The van der Waals surface area contributed by atoms with Crippen molar-refractivity contribution in [1.29, 1.82) is 0 Å². The van der Waals surface area contributed by atoms with Crippen molar-refractivity contribution >= 4 is 11.3 Å². The number of fused-ring (bicyclic) bond motifs is 1. The third-order valence-corrected chi connectivity index (χ3v) is 3.78. The lowest BCUT2D eigenvalue weighted by Gasteiger charge is -2.11. The average molecular weight is 283 g/mol. The molecule has 0 bridgehead atoms. The molecule has 0 atom stereocenters. The predicted octanol–water partition coefficient (Wildman–Crippen LogP) is 3.77. The number of hydrogen-bond acceptors (Lipinski definition) is 3. The monoisotopic (exact) mass is 283 g/mol. The maximum Gasteiger partial charge on any atom is 0.122 e. The van der Waals surface area contributed by atoms with Crippen molar-refractivity contribution in [2.24, 2.45) is 0 Å². The third-order valence-electron chi connectivity index (χ3n) is 3.78. The molecule has 0 amide bonds. The fourth-order valence-corrected chi connectivity index (χ4v) is 2.59. The number of nitrogens with zero attached hydrogens (tertiary/aromatic N) is 1. The van der Waals surface area contributed by atoms with Gasteiger partial charge in [0.2, 0.25) is 0 Å². The van der Waals surface area contributed by atoms with Crippen molar-refractivity contribution in [3.63, 3.8) is 0 Å². The van der Waals surface area contributed by atoms with Gasteiger partial charge in [0, 0.05) is 6.54 Å². The topological polar surface area (TPSA) is 49.9 Å². The molecule has 0 radical (unpaired) electrons. The number of nitrogens with one attached hydrogen (secondary N) is 2. The zero-order valence-corrected chi connectivity index (χ0v) is 12.4. The second kappa shape index (κ2) is 6.04. The summed E-state index contributed by atoms with van der Waals surface area (Å²) in [4.78, 5) is 0. The maximum absolute atomic E-state index is 5.83. The Labute approximate surface area is 125 Å². The van der Waals surface area contributed by atoms with Gasteiger partial charge in [-0.3, -0.25) is 5.10 Å². The van der Waals surface area contributed by atoms with Gasteiger partial charge in [-0.05, 0) is 49.0 Å². The molecule has 1 aliphatic rings. The number of H-pyrrole nitrogens is 1. The summed E-state index contributed by atoms with van der Waals surface area (Å²) in [5.74, 6) is 1.04. The van der Waals surface area contributed by atoms with Gasteiger partial charge in [0.15, 0.2) is 0 Å². The van der Waals surface area contributed by atoms with Crippen molar-refractivity contribution in [2.45, 2.75) is 32.7 Å². The van der Waals surface area contributed by atoms with Gasteiger partial charge in [-0.15, -0.1) is 0 Å². The molecule has 0 saturated heterocycles. The Kier molecular flexibility index (Phi) is 3.95. The van der Waals surface area contributed by atoms with Gasteiger partial charge in [-0.1, -0.05) is 18.7 Å². The van der Waals surface area contributed by atoms with Crippen LogP contribution in [0.3, 0.4) is 0 Å². The van der Waals surface area contributed by atoms with E-state index in [1.54, 1.807) is 6.20 Å². The first-order valence-electron chi connectivity index (χ1n) is 7.42. The number of ether oxygens (including phenoxy) is 1. The number of rotatable bonds is 4. The lowest BCUT2D eigenvalue weighted by Crippen LogP contribution is -2.02. The fraction of sp³-hybridized carbons (Fsp3) is 0.353. The van der Waals surface area contributed by atoms with Crippen LogP contribution < -0.4 is 10.1 Å². The molecule has 0 saturated carbocycles. The van der Waals surface area contributed by atoms with E-state index in [0.29, 0.717) is 0 Å². The van der Waals surface area contributed by atoms with Crippen LogP contribution in [0.15, 0.2) is 31.0 Å². The zero-order chi connectivity index (χ0) is 14.7. The summed E-state index contributed by atoms with van der Waals surface area (Å²) >= 11 is 0. The van der Waals surface area contributed by atoms with Crippen LogP contribution in [0.25, 0.3) is 5.57 Å². The number of anilines is 1. The van der Waals surface area contributed by atoms with Crippen LogP contribution in [-0.2, 0) is 13.0 Å². The highest BCUT2D eigenvalue weighted by molar-refractivity contribution is 5.70. The molecule has 4 nitrogen and oxygen atoms in total. The van der Waals surface area contributed by atoms with Crippen LogP contribution in [0.5, 0.6) is 5.75 Å². The Bertz CT molecular complexity index is 645. The Hall–Kier alpha value is -2.23. The summed E-state index contributed by atoms with van der Waals surface area (Å²) in [5, 5.41) is 10.4. The van der Waals surface area contributed by atoms with Crippen LogP contribution in [0, 0.1) is 0 Å². The molecule has 2 aromatic rings. The Morgan fingerprint density at radius 1 is 1.43 bits per heavy atom. The van der Waals surface area contributed by atoms with Gasteiger partial charge in [-0.25, -0.2) is 0 Å². The van der Waals surface area contributed by atoms with Gasteiger partial charge < -0.3 is 10.1 Å². The summed E-state index contributed by atoms with van der Waals surface area (Å²) in [6, 6.07) is 6.50. The summed E-state index contributed by atoms with van der Waals surface area (Å²) < 4.78 is 5.83. The smallest absolute Gasteiger partial charge is 0.122 e. The van der Waals surface area contributed by atoms with Crippen LogP contribution in [0.1, 0.15) is 36.6 Å². The molecule has 1 aromatic heterocycles. The molecule has 2 heterocycles. The van der Waals surface area contributed by atoms with Gasteiger partial charge in [0.1, 0.15) is 5.75 Å². The largest absolute Gasteiger partial charge is 0.493 e. The van der Waals surface area contributed by atoms with Crippen LogP contribution >= 0.6 is 0 Å². The first-order chi connectivity index (χ1) is 10.2. The zero-order valence-electron chi connectivity index (χ0n) is 12.4. The predicted molar refractivity (Wildman–Crippen MR) is 85.5 cm³/mol. The number of hydrogen-bond donors (Lipinski definition) is 2. The van der Waals surface area contributed by atoms with Crippen molar-refractivity contribution in [3.8, 4) is 5.75 Å². The molecule has 0 aliphatic carbocycles. The molecular weight excluding hydrogens is 262 g/mol. The van der Waals surface area contributed by atoms with E-state index >= 15 is 0 Å². The molecule has 1 aliphatic heterocycles. The highest BCUT2D eigenvalue weighted by Crippen LogP contribution is 2.26. The maximum atomic E-state index is 5.83. The molecule has 2 N–H and O–H groups in total. The molecule has 4 heteroatoms. The molecule has 0 spiro atoms. The minimum atomic E-state index is 0.746. The lowest BCUT2D eigenvalue weighted by atomic mass is 10.1.